The number of nitrogens with zero attached hydrogens (tertiary/aromatic N) is 4. The third-order valence-electron chi connectivity index (χ3n) is 3.93. The minimum atomic E-state index is -0.661. The van der Waals surface area contributed by atoms with Gasteiger partial charge in [-0.1, -0.05) is 6.07 Å². The number of carbonyl (C=O) groups excluding carboxylic acids is 1. The fourth-order valence-corrected chi connectivity index (χ4v) is 3.35. The highest BCUT2D eigenvalue weighted by atomic mass is 32.1. The first-order chi connectivity index (χ1) is 14.0. The van der Waals surface area contributed by atoms with Crippen molar-refractivity contribution in [2.75, 3.05) is 7.11 Å². The molecule has 0 fully saturated rings. The molecule has 29 heavy (non-hydrogen) atoms. The zero-order valence-electron chi connectivity index (χ0n) is 14.9. The summed E-state index contributed by atoms with van der Waals surface area (Å²) in [5, 5.41) is 13.7. The number of benzene rings is 1. The van der Waals surface area contributed by atoms with Crippen molar-refractivity contribution in [2.45, 2.75) is 0 Å². The molecule has 1 aliphatic rings. The largest absolute Gasteiger partial charge is 0.490 e. The van der Waals surface area contributed by atoms with Gasteiger partial charge in [0.05, 0.1) is 23.4 Å². The van der Waals surface area contributed by atoms with Crippen LogP contribution >= 0.6 is 11.3 Å². The molecular formula is C19H12N4O5S. The minimum absolute atomic E-state index is 0.0211. The highest BCUT2D eigenvalue weighted by molar-refractivity contribution is 7.13. The Morgan fingerprint density at radius 3 is 2.86 bits per heavy atom. The quantitative estimate of drug-likeness (QED) is 0.275. The Morgan fingerprint density at radius 1 is 1.28 bits per heavy atom. The molecule has 3 aromatic rings. The van der Waals surface area contributed by atoms with Crippen LogP contribution in [0.25, 0.3) is 16.8 Å². The molecule has 0 amide bonds. The first-order valence-electron chi connectivity index (χ1n) is 8.27. The van der Waals surface area contributed by atoms with Crippen molar-refractivity contribution in [3.63, 3.8) is 0 Å². The molecule has 9 nitrogen and oxygen atoms in total. The van der Waals surface area contributed by atoms with Gasteiger partial charge in [0, 0.05) is 23.2 Å². The Morgan fingerprint density at radius 2 is 2.14 bits per heavy atom. The maximum Gasteiger partial charge on any atom is 0.363 e. The van der Waals surface area contributed by atoms with E-state index in [2.05, 4.69) is 15.0 Å². The van der Waals surface area contributed by atoms with Crippen molar-refractivity contribution in [1.29, 1.82) is 0 Å². The van der Waals surface area contributed by atoms with E-state index in [1.165, 1.54) is 42.7 Å². The van der Waals surface area contributed by atoms with Gasteiger partial charge in [-0.15, -0.1) is 11.3 Å². The highest BCUT2D eigenvalue weighted by Gasteiger charge is 2.27. The van der Waals surface area contributed by atoms with Gasteiger partial charge in [-0.25, -0.2) is 14.8 Å². The summed E-state index contributed by atoms with van der Waals surface area (Å²) in [5.74, 6) is -0.581. The normalized spacial score (nSPS) is 14.6. The maximum absolute atomic E-state index is 12.2. The van der Waals surface area contributed by atoms with Gasteiger partial charge in [-0.05, 0) is 30.3 Å². The number of hydrogen-bond acceptors (Lipinski definition) is 9. The Hall–Kier alpha value is -3.92. The molecule has 0 N–H and O–H groups in total. The van der Waals surface area contributed by atoms with Gasteiger partial charge in [-0.3, -0.25) is 15.1 Å². The van der Waals surface area contributed by atoms with Crippen LogP contribution in [0.15, 0.2) is 58.7 Å². The smallest absolute Gasteiger partial charge is 0.363 e. The summed E-state index contributed by atoms with van der Waals surface area (Å²) in [6.07, 6.45) is 3.17. The lowest BCUT2D eigenvalue weighted by atomic mass is 10.2. The summed E-state index contributed by atoms with van der Waals surface area (Å²) in [5.41, 5.74) is 1.36. The van der Waals surface area contributed by atoms with E-state index >= 15 is 0 Å². The summed E-state index contributed by atoms with van der Waals surface area (Å²) < 4.78 is 10.1. The van der Waals surface area contributed by atoms with E-state index in [4.69, 9.17) is 9.47 Å². The average molecular weight is 408 g/mol. The Balaban J connectivity index is 1.64. The van der Waals surface area contributed by atoms with Crippen LogP contribution in [0.3, 0.4) is 0 Å². The van der Waals surface area contributed by atoms with Crippen molar-refractivity contribution in [1.82, 2.24) is 9.97 Å². The van der Waals surface area contributed by atoms with E-state index in [-0.39, 0.29) is 23.0 Å². The van der Waals surface area contributed by atoms with E-state index in [1.54, 1.807) is 11.6 Å². The van der Waals surface area contributed by atoms with Gasteiger partial charge in [0.1, 0.15) is 5.01 Å². The molecular weight excluding hydrogens is 396 g/mol. The van der Waals surface area contributed by atoms with Crippen molar-refractivity contribution in [2.24, 2.45) is 4.99 Å². The monoisotopic (exact) mass is 408 g/mol. The van der Waals surface area contributed by atoms with Gasteiger partial charge in [0.2, 0.25) is 5.90 Å². The lowest BCUT2D eigenvalue weighted by Gasteiger charge is -2.03. The molecule has 0 spiro atoms. The van der Waals surface area contributed by atoms with Gasteiger partial charge >= 0.3 is 11.7 Å². The SMILES string of the molecule is COc1ccc(C2=N/C(=C\c3csc(-c4ccccn4)n3)C(=O)O2)cc1[N+](=O)[O-]. The van der Waals surface area contributed by atoms with Crippen LogP contribution < -0.4 is 4.74 Å². The topological polar surface area (TPSA) is 117 Å². The van der Waals surface area contributed by atoms with Gasteiger partial charge in [0.15, 0.2) is 11.4 Å². The predicted molar refractivity (Wildman–Crippen MR) is 106 cm³/mol. The zero-order valence-corrected chi connectivity index (χ0v) is 15.8. The molecule has 1 aliphatic heterocycles. The molecule has 2 aromatic heterocycles. The number of nitro groups is 1. The molecule has 10 heteroatoms. The third-order valence-corrected chi connectivity index (χ3v) is 4.82. The van der Waals surface area contributed by atoms with Crippen LogP contribution in [0.5, 0.6) is 5.75 Å². The fraction of sp³-hybridized carbons (Fsp3) is 0.0526. The number of nitro benzene ring substituents is 1. The number of esters is 1. The number of rotatable bonds is 5. The van der Waals surface area contributed by atoms with E-state index in [1.807, 2.05) is 18.2 Å². The van der Waals surface area contributed by atoms with Crippen LogP contribution in [0.1, 0.15) is 11.3 Å². The van der Waals surface area contributed by atoms with Gasteiger partial charge in [-0.2, -0.15) is 0 Å². The molecule has 0 saturated carbocycles. The predicted octanol–water partition coefficient (Wildman–Crippen LogP) is 3.47. The van der Waals surface area contributed by atoms with Crippen LogP contribution in [0.2, 0.25) is 0 Å². The number of thiazole rings is 1. The van der Waals surface area contributed by atoms with Gasteiger partial charge < -0.3 is 9.47 Å². The number of hydrogen-bond donors (Lipinski definition) is 0. The van der Waals surface area contributed by atoms with Crippen molar-refractivity contribution < 1.29 is 19.2 Å². The average Bonchev–Trinajstić information content (AvgIpc) is 3.35. The molecule has 0 saturated heterocycles. The van der Waals surface area contributed by atoms with E-state index in [0.29, 0.717) is 16.3 Å². The van der Waals surface area contributed by atoms with Crippen molar-refractivity contribution >= 4 is 35.0 Å². The lowest BCUT2D eigenvalue weighted by molar-refractivity contribution is -0.385. The number of carbonyl (C=O) groups is 1. The molecule has 144 valence electrons. The third kappa shape index (κ3) is 3.73. The molecule has 0 bridgehead atoms. The first-order valence-corrected chi connectivity index (χ1v) is 9.15. The van der Waals surface area contributed by atoms with Crippen LogP contribution in [0.4, 0.5) is 5.69 Å². The van der Waals surface area contributed by atoms with E-state index < -0.39 is 10.9 Å². The first kappa shape index (κ1) is 18.4. The zero-order chi connectivity index (χ0) is 20.4. The van der Waals surface area contributed by atoms with Gasteiger partial charge in [0.25, 0.3) is 0 Å². The maximum atomic E-state index is 12.2. The summed E-state index contributed by atoms with van der Waals surface area (Å²) in [4.78, 5) is 35.6. The number of cyclic esters (lactones) is 1. The highest BCUT2D eigenvalue weighted by Crippen LogP contribution is 2.30. The molecule has 0 aliphatic carbocycles. The van der Waals surface area contributed by atoms with E-state index in [9.17, 15) is 14.9 Å². The van der Waals surface area contributed by atoms with Crippen molar-refractivity contribution in [3.05, 3.63) is 75.0 Å². The second-order valence-corrected chi connectivity index (χ2v) is 6.63. The lowest BCUT2D eigenvalue weighted by Crippen LogP contribution is -2.06. The molecule has 0 unspecified atom stereocenters. The van der Waals surface area contributed by atoms with E-state index in [0.717, 1.165) is 5.69 Å². The summed E-state index contributed by atoms with van der Waals surface area (Å²) in [6, 6.07) is 9.71. The Bertz CT molecular complexity index is 1170. The van der Waals surface area contributed by atoms with Crippen molar-refractivity contribution in [3.8, 4) is 16.5 Å². The number of methoxy groups -OCH3 is 1. The summed E-state index contributed by atoms with van der Waals surface area (Å²) >= 11 is 1.39. The standard InChI is InChI=1S/C19H12N4O5S/c1-27-16-6-5-11(8-15(16)23(25)26)17-22-14(19(24)28-17)9-12-10-29-18(21-12)13-4-2-3-7-20-13/h2-10H,1H3/b14-9-. The second-order valence-electron chi connectivity index (χ2n) is 5.77. The Labute approximate surface area is 168 Å². The summed E-state index contributed by atoms with van der Waals surface area (Å²) in [6.45, 7) is 0. The molecule has 4 rings (SSSR count). The molecule has 3 heterocycles. The number of aromatic nitrogens is 2. The fourth-order valence-electron chi connectivity index (χ4n) is 2.60. The number of aliphatic imine (C=N–C) groups is 1. The summed E-state index contributed by atoms with van der Waals surface area (Å²) in [7, 11) is 1.34. The second kappa shape index (κ2) is 7.60. The molecule has 0 radical (unpaired) electrons. The van der Waals surface area contributed by atoms with Crippen LogP contribution in [-0.2, 0) is 9.53 Å². The van der Waals surface area contributed by atoms with Crippen LogP contribution in [0, 0.1) is 10.1 Å². The number of ether oxygens (including phenoxy) is 2. The molecule has 0 atom stereocenters. The minimum Gasteiger partial charge on any atom is -0.490 e. The number of pyridine rings is 1. The Kier molecular flexibility index (Phi) is 4.83. The molecule has 1 aromatic carbocycles. The van der Waals surface area contributed by atoms with Crippen LogP contribution in [-0.4, -0.2) is 33.9 Å².